The third-order valence-corrected chi connectivity index (χ3v) is 11.6. The van der Waals surface area contributed by atoms with Crippen LogP contribution in [0.15, 0.2) is 212 Å². The Morgan fingerprint density at radius 1 is 0.345 bits per heavy atom. The van der Waals surface area contributed by atoms with E-state index >= 15 is 0 Å². The Morgan fingerprint density at radius 2 is 0.909 bits per heavy atom. The molecule has 0 saturated carbocycles. The summed E-state index contributed by atoms with van der Waals surface area (Å²) in [6.07, 6.45) is 0. The molecule has 0 aromatic heterocycles. The van der Waals surface area contributed by atoms with E-state index in [0.717, 1.165) is 45.1 Å². The van der Waals surface area contributed by atoms with Crippen molar-refractivity contribution in [2.45, 2.75) is 5.41 Å². The van der Waals surface area contributed by atoms with Crippen molar-refractivity contribution in [2.24, 2.45) is 0 Å². The van der Waals surface area contributed by atoms with Gasteiger partial charge in [0.1, 0.15) is 11.5 Å². The molecule has 0 unspecified atom stereocenters. The number of para-hydroxylation sites is 2. The van der Waals surface area contributed by atoms with Crippen LogP contribution < -0.4 is 9.64 Å². The largest absolute Gasteiger partial charge is 0.456 e. The Labute approximate surface area is 321 Å². The van der Waals surface area contributed by atoms with E-state index in [1.165, 1.54) is 49.9 Å². The minimum absolute atomic E-state index is 0.477. The van der Waals surface area contributed by atoms with Crippen LogP contribution in [-0.4, -0.2) is 0 Å². The molecule has 0 fully saturated rings. The van der Waals surface area contributed by atoms with Crippen LogP contribution in [-0.2, 0) is 5.41 Å². The van der Waals surface area contributed by atoms with Gasteiger partial charge in [0.2, 0.25) is 0 Å². The van der Waals surface area contributed by atoms with Crippen molar-refractivity contribution in [3.05, 3.63) is 235 Å². The first-order valence-electron chi connectivity index (χ1n) is 18.9. The molecule has 0 amide bonds. The van der Waals surface area contributed by atoms with Gasteiger partial charge in [-0.3, -0.25) is 0 Å². The second kappa shape index (κ2) is 12.5. The SMILES string of the molecule is c1ccc(N(c2ccc(-c3ccc4c5c(cccc35)-c3ccccc3O4)cc2)c2ccc3c(c2)C(c2ccccc2)(c2ccccc2)c2ccccc2-3)cc1. The van der Waals surface area contributed by atoms with Gasteiger partial charge in [0.25, 0.3) is 0 Å². The van der Waals surface area contributed by atoms with E-state index in [0.29, 0.717) is 0 Å². The predicted molar refractivity (Wildman–Crippen MR) is 227 cm³/mol. The first kappa shape index (κ1) is 31.4. The number of rotatable bonds is 6. The van der Waals surface area contributed by atoms with Crippen LogP contribution in [0.5, 0.6) is 11.5 Å². The zero-order valence-corrected chi connectivity index (χ0v) is 30.1. The van der Waals surface area contributed by atoms with E-state index in [1.54, 1.807) is 0 Å². The third kappa shape index (κ3) is 4.75. The lowest BCUT2D eigenvalue weighted by Crippen LogP contribution is -2.28. The molecule has 0 N–H and O–H groups in total. The standard InChI is InChI=1S/C53H35NO/c1-4-15-37(16-5-1)53(38-17-6-2-7-18-38)48-25-12-10-21-43(48)44-32-31-41(35-49(44)53)54(39-19-8-3-9-20-39)40-29-27-36(28-30-40)42-33-34-51-52-46(42)23-14-24-47(52)45-22-11-13-26-50(45)55-51/h1-35H. The summed E-state index contributed by atoms with van der Waals surface area (Å²) in [6.45, 7) is 0. The van der Waals surface area contributed by atoms with Crippen molar-refractivity contribution >= 4 is 27.8 Å². The molecule has 1 aliphatic carbocycles. The zero-order chi connectivity index (χ0) is 36.3. The lowest BCUT2D eigenvalue weighted by Gasteiger charge is -2.35. The van der Waals surface area contributed by atoms with Crippen molar-refractivity contribution in [1.29, 1.82) is 0 Å². The monoisotopic (exact) mass is 701 g/mol. The molecule has 9 aromatic carbocycles. The van der Waals surface area contributed by atoms with Gasteiger partial charge in [-0.15, -0.1) is 0 Å². The van der Waals surface area contributed by atoms with E-state index in [-0.39, 0.29) is 0 Å². The van der Waals surface area contributed by atoms with Gasteiger partial charge >= 0.3 is 0 Å². The van der Waals surface area contributed by atoms with Gasteiger partial charge in [-0.05, 0) is 104 Å². The van der Waals surface area contributed by atoms with E-state index < -0.39 is 5.41 Å². The first-order chi connectivity index (χ1) is 27.3. The fourth-order valence-electron chi connectivity index (χ4n) is 9.22. The number of hydrogen-bond acceptors (Lipinski definition) is 2. The van der Waals surface area contributed by atoms with Crippen LogP contribution in [0.1, 0.15) is 22.3 Å². The molecule has 11 rings (SSSR count). The van der Waals surface area contributed by atoms with Gasteiger partial charge in [-0.25, -0.2) is 0 Å². The van der Waals surface area contributed by atoms with Crippen molar-refractivity contribution < 1.29 is 4.74 Å². The highest BCUT2D eigenvalue weighted by molar-refractivity contribution is 6.10. The van der Waals surface area contributed by atoms with Gasteiger partial charge in [0.05, 0.1) is 5.41 Å². The zero-order valence-electron chi connectivity index (χ0n) is 30.1. The van der Waals surface area contributed by atoms with Crippen molar-refractivity contribution in [3.8, 4) is 44.9 Å². The Morgan fingerprint density at radius 3 is 1.65 bits per heavy atom. The van der Waals surface area contributed by atoms with E-state index in [2.05, 4.69) is 205 Å². The molecule has 1 aliphatic heterocycles. The summed E-state index contributed by atoms with van der Waals surface area (Å²) < 4.78 is 6.41. The maximum absolute atomic E-state index is 6.41. The molecule has 2 aliphatic rings. The molecule has 0 atom stereocenters. The number of anilines is 3. The van der Waals surface area contributed by atoms with Gasteiger partial charge < -0.3 is 9.64 Å². The Bertz CT molecular complexity index is 2840. The molecule has 55 heavy (non-hydrogen) atoms. The summed E-state index contributed by atoms with van der Waals surface area (Å²) in [6, 6.07) is 76.9. The number of ether oxygens (including phenoxy) is 1. The average molecular weight is 702 g/mol. The molecule has 0 radical (unpaired) electrons. The number of hydrogen-bond donors (Lipinski definition) is 0. The summed E-state index contributed by atoms with van der Waals surface area (Å²) in [7, 11) is 0. The topological polar surface area (TPSA) is 12.5 Å². The van der Waals surface area contributed by atoms with Crippen molar-refractivity contribution in [1.82, 2.24) is 0 Å². The first-order valence-corrected chi connectivity index (χ1v) is 18.9. The number of benzene rings is 9. The molecule has 1 heterocycles. The van der Waals surface area contributed by atoms with Crippen molar-refractivity contribution in [3.63, 3.8) is 0 Å². The Hall–Kier alpha value is -7.16. The molecule has 258 valence electrons. The lowest BCUT2D eigenvalue weighted by molar-refractivity contribution is 0.487. The normalized spacial score (nSPS) is 13.0. The fraction of sp³-hybridized carbons (Fsp3) is 0.0189. The van der Waals surface area contributed by atoms with Gasteiger partial charge in [0, 0.05) is 28.0 Å². The summed E-state index contributed by atoms with van der Waals surface area (Å²) in [5.41, 5.74) is 15.2. The van der Waals surface area contributed by atoms with E-state index in [4.69, 9.17) is 4.74 Å². The second-order valence-corrected chi connectivity index (χ2v) is 14.4. The predicted octanol–water partition coefficient (Wildman–Crippen LogP) is 14.1. The number of fused-ring (bicyclic) bond motifs is 5. The smallest absolute Gasteiger partial charge is 0.135 e. The van der Waals surface area contributed by atoms with Crippen molar-refractivity contribution in [2.75, 3.05) is 4.90 Å². The third-order valence-electron chi connectivity index (χ3n) is 11.6. The van der Waals surface area contributed by atoms with E-state index in [9.17, 15) is 0 Å². The van der Waals surface area contributed by atoms with E-state index in [1.807, 2.05) is 12.1 Å². The lowest BCUT2D eigenvalue weighted by atomic mass is 9.67. The summed E-state index contributed by atoms with van der Waals surface area (Å²) in [4.78, 5) is 2.39. The highest BCUT2D eigenvalue weighted by Gasteiger charge is 2.46. The van der Waals surface area contributed by atoms with Gasteiger partial charge in [-0.2, -0.15) is 0 Å². The summed E-state index contributed by atoms with van der Waals surface area (Å²) >= 11 is 0. The fourth-order valence-corrected chi connectivity index (χ4v) is 9.22. The van der Waals surface area contributed by atoms with Crippen LogP contribution >= 0.6 is 0 Å². The molecule has 0 bridgehead atoms. The maximum Gasteiger partial charge on any atom is 0.135 e. The molecule has 0 saturated heterocycles. The molecular weight excluding hydrogens is 667 g/mol. The van der Waals surface area contributed by atoms with Gasteiger partial charge in [0.15, 0.2) is 0 Å². The Kier molecular flexibility index (Phi) is 7.11. The maximum atomic E-state index is 6.41. The molecule has 0 spiro atoms. The van der Waals surface area contributed by atoms with Crippen LogP contribution in [0.3, 0.4) is 0 Å². The average Bonchev–Trinajstić information content (AvgIpc) is 3.56. The number of nitrogens with zero attached hydrogens (tertiary/aromatic N) is 1. The Balaban J connectivity index is 1.07. The minimum Gasteiger partial charge on any atom is -0.456 e. The molecule has 2 nitrogen and oxygen atoms in total. The second-order valence-electron chi connectivity index (χ2n) is 14.4. The molecule has 2 heteroatoms. The summed E-state index contributed by atoms with van der Waals surface area (Å²) in [5.74, 6) is 1.81. The van der Waals surface area contributed by atoms with Crippen LogP contribution in [0, 0.1) is 0 Å². The van der Waals surface area contributed by atoms with Crippen LogP contribution in [0.4, 0.5) is 17.1 Å². The highest BCUT2D eigenvalue weighted by Crippen LogP contribution is 2.57. The van der Waals surface area contributed by atoms with Crippen LogP contribution in [0.2, 0.25) is 0 Å². The summed E-state index contributed by atoms with van der Waals surface area (Å²) in [5, 5.41) is 2.35. The highest BCUT2D eigenvalue weighted by atomic mass is 16.5. The minimum atomic E-state index is -0.477. The molecule has 9 aromatic rings. The molecular formula is C53H35NO. The quantitative estimate of drug-likeness (QED) is 0.171. The van der Waals surface area contributed by atoms with Gasteiger partial charge in [-0.1, -0.05) is 164 Å². The van der Waals surface area contributed by atoms with Crippen LogP contribution in [0.25, 0.3) is 44.2 Å².